The van der Waals surface area contributed by atoms with Crippen LogP contribution < -0.4 is 19.3 Å². The maximum absolute atomic E-state index is 13.1. The summed E-state index contributed by atoms with van der Waals surface area (Å²) in [5, 5.41) is 4.94. The van der Waals surface area contributed by atoms with Gasteiger partial charge in [-0.05, 0) is 62.6 Å². The summed E-state index contributed by atoms with van der Waals surface area (Å²) in [7, 11) is -2.17. The third kappa shape index (κ3) is 6.81. The first-order valence-corrected chi connectivity index (χ1v) is 18.0. The Morgan fingerprint density at radius 1 is 1.00 bits per heavy atom. The van der Waals surface area contributed by atoms with E-state index in [9.17, 15) is 17.8 Å². The van der Waals surface area contributed by atoms with Crippen LogP contribution in [0, 0.1) is 6.92 Å². The van der Waals surface area contributed by atoms with Crippen molar-refractivity contribution in [2.45, 2.75) is 38.8 Å². The molecule has 3 heterocycles. The molecule has 7 nitrogen and oxygen atoms in total. The minimum atomic E-state index is -4.27. The van der Waals surface area contributed by atoms with Crippen LogP contribution in [-0.4, -0.2) is 41.8 Å². The van der Waals surface area contributed by atoms with Crippen molar-refractivity contribution in [3.8, 4) is 0 Å². The van der Waals surface area contributed by atoms with E-state index in [1.165, 1.54) is 43.2 Å². The number of aryl methyl sites for hydroxylation is 2. The minimum Gasteiger partial charge on any atom is -0.744 e. The fourth-order valence-electron chi connectivity index (χ4n) is 4.89. The summed E-state index contributed by atoms with van der Waals surface area (Å²) in [6.45, 7) is 8.66. The van der Waals surface area contributed by atoms with E-state index in [-0.39, 0.29) is 10.5 Å². The standard InChI is InChI=1S/C25H26N3OS3.C7H8O3S/c1-4-27-22(31-19-11-10-17-8-6-7-9-18(17)24(19)27)16-23-28(5-2)25(29)20(32-23)12-13-21-26(3)14-15-30-21;1-6-2-4-7(5-3-6)11(8,9)10/h6-13,16H,4-5,14-15H2,1-3H3;2-5H,1H3,(H,8,9,10)/q+1;/p-1/b20-12-,21-13-;. The Morgan fingerprint density at radius 2 is 1.74 bits per heavy atom. The Kier molecular flexibility index (Phi) is 9.57. The number of hydrogen-bond donors (Lipinski definition) is 0. The van der Waals surface area contributed by atoms with E-state index in [1.807, 2.05) is 36.3 Å². The van der Waals surface area contributed by atoms with E-state index in [1.54, 1.807) is 34.8 Å². The maximum atomic E-state index is 13.1. The summed E-state index contributed by atoms with van der Waals surface area (Å²) in [5.41, 5.74) is 2.31. The number of nitrogens with zero attached hydrogens (tertiary/aromatic N) is 3. The van der Waals surface area contributed by atoms with E-state index in [0.717, 1.165) is 33.6 Å². The zero-order valence-electron chi connectivity index (χ0n) is 24.4. The summed E-state index contributed by atoms with van der Waals surface area (Å²) in [6.07, 6.45) is 6.28. The second-order valence-electron chi connectivity index (χ2n) is 10.0. The topological polar surface area (TPSA) is 86.3 Å². The molecule has 1 aliphatic heterocycles. The number of thioether (sulfide) groups is 1. The number of aromatic nitrogens is 2. The number of thiazole rings is 2. The third-order valence-electron chi connectivity index (χ3n) is 7.17. The molecule has 0 radical (unpaired) electrons. The molecule has 3 aromatic carbocycles. The van der Waals surface area contributed by atoms with Crippen LogP contribution in [0.4, 0.5) is 0 Å². The van der Waals surface area contributed by atoms with Crippen LogP contribution in [-0.2, 0) is 23.2 Å². The van der Waals surface area contributed by atoms with Gasteiger partial charge in [0.2, 0.25) is 5.52 Å². The quantitative estimate of drug-likeness (QED) is 0.204. The SMILES string of the molecule is CCn1c(=O)/c(=C/C=C2\SCCN2C)s/c1=C/c1sc2ccc3ccccc3c2[n+]1CC.Cc1ccc(S(=O)(=O)[O-])cc1. The average Bonchev–Trinajstić information content (AvgIpc) is 3.66. The molecular weight excluding hydrogens is 619 g/mol. The Bertz CT molecular complexity index is 2110. The van der Waals surface area contributed by atoms with E-state index in [2.05, 4.69) is 72.0 Å². The molecule has 0 aliphatic carbocycles. The molecule has 0 atom stereocenters. The van der Waals surface area contributed by atoms with Crippen molar-refractivity contribution in [3.63, 3.8) is 0 Å². The van der Waals surface area contributed by atoms with Gasteiger partial charge in [0.05, 0.1) is 25.9 Å². The highest BCUT2D eigenvalue weighted by atomic mass is 32.2. The lowest BCUT2D eigenvalue weighted by Crippen LogP contribution is -2.35. The second kappa shape index (κ2) is 13.2. The van der Waals surface area contributed by atoms with Crippen molar-refractivity contribution < 1.29 is 17.5 Å². The summed E-state index contributed by atoms with van der Waals surface area (Å²) in [4.78, 5) is 15.1. The summed E-state index contributed by atoms with van der Waals surface area (Å²) in [6, 6.07) is 18.8. The molecule has 0 amide bonds. The first-order chi connectivity index (χ1) is 20.6. The lowest BCUT2D eigenvalue weighted by molar-refractivity contribution is -0.664. The normalized spacial score (nSPS) is 15.6. The molecular formula is C32H33N3O4S4. The zero-order valence-corrected chi connectivity index (χ0v) is 27.7. The van der Waals surface area contributed by atoms with Crippen molar-refractivity contribution in [2.75, 3.05) is 19.3 Å². The zero-order chi connectivity index (χ0) is 30.7. The third-order valence-corrected chi connectivity index (χ3v) is 11.3. The van der Waals surface area contributed by atoms with Gasteiger partial charge < -0.3 is 9.45 Å². The van der Waals surface area contributed by atoms with Gasteiger partial charge in [0.15, 0.2) is 0 Å². The molecule has 1 fully saturated rings. The largest absolute Gasteiger partial charge is 0.744 e. The van der Waals surface area contributed by atoms with Gasteiger partial charge in [0.25, 0.3) is 10.6 Å². The van der Waals surface area contributed by atoms with Crippen molar-refractivity contribution >= 4 is 77.7 Å². The molecule has 0 saturated carbocycles. The molecule has 43 heavy (non-hydrogen) atoms. The fraction of sp³-hybridized carbons (Fsp3) is 0.250. The summed E-state index contributed by atoms with van der Waals surface area (Å²) in [5.74, 6) is 1.11. The van der Waals surface area contributed by atoms with E-state index >= 15 is 0 Å². The first kappa shape index (κ1) is 31.2. The van der Waals surface area contributed by atoms with Gasteiger partial charge in [-0.2, -0.15) is 4.57 Å². The first-order valence-electron chi connectivity index (χ1n) is 13.9. The number of benzene rings is 3. The van der Waals surface area contributed by atoms with E-state index < -0.39 is 10.1 Å². The molecule has 0 spiro atoms. The molecule has 1 saturated heterocycles. The Morgan fingerprint density at radius 3 is 2.40 bits per heavy atom. The van der Waals surface area contributed by atoms with Crippen LogP contribution in [0.5, 0.6) is 0 Å². The second-order valence-corrected chi connectivity index (χ2v) is 14.6. The molecule has 0 N–H and O–H groups in total. The van der Waals surface area contributed by atoms with Crippen LogP contribution in [0.2, 0.25) is 0 Å². The van der Waals surface area contributed by atoms with E-state index in [0.29, 0.717) is 6.54 Å². The molecule has 1 aliphatic rings. The van der Waals surface area contributed by atoms with Gasteiger partial charge in [-0.15, -0.1) is 23.1 Å². The summed E-state index contributed by atoms with van der Waals surface area (Å²) < 4.78 is 38.5. The highest BCUT2D eigenvalue weighted by Gasteiger charge is 2.20. The molecule has 0 bridgehead atoms. The number of rotatable bonds is 5. The van der Waals surface area contributed by atoms with Crippen molar-refractivity contribution in [2.24, 2.45) is 0 Å². The van der Waals surface area contributed by atoms with Crippen molar-refractivity contribution in [3.05, 3.63) is 102 Å². The Labute approximate surface area is 263 Å². The smallest absolute Gasteiger partial charge is 0.269 e. The predicted octanol–water partition coefficient (Wildman–Crippen LogP) is 4.63. The number of fused-ring (bicyclic) bond motifs is 3. The van der Waals surface area contributed by atoms with Gasteiger partial charge in [0.1, 0.15) is 26.0 Å². The molecule has 2 aromatic heterocycles. The van der Waals surface area contributed by atoms with E-state index in [4.69, 9.17) is 0 Å². The van der Waals surface area contributed by atoms with Crippen LogP contribution in [0.25, 0.3) is 33.1 Å². The van der Waals surface area contributed by atoms with Crippen molar-refractivity contribution in [1.29, 1.82) is 0 Å². The maximum Gasteiger partial charge on any atom is 0.269 e. The van der Waals surface area contributed by atoms with Crippen LogP contribution >= 0.6 is 34.4 Å². The highest BCUT2D eigenvalue weighted by Crippen LogP contribution is 2.28. The van der Waals surface area contributed by atoms with Crippen LogP contribution in [0.1, 0.15) is 24.4 Å². The highest BCUT2D eigenvalue weighted by molar-refractivity contribution is 8.03. The average molecular weight is 652 g/mol. The van der Waals surface area contributed by atoms with Gasteiger partial charge in [-0.3, -0.25) is 9.36 Å². The number of allylic oxidation sites excluding steroid dienone is 1. The molecule has 0 unspecified atom stereocenters. The van der Waals surface area contributed by atoms with Crippen LogP contribution in [0.15, 0.2) is 81.5 Å². The van der Waals surface area contributed by atoms with Gasteiger partial charge >= 0.3 is 0 Å². The molecule has 224 valence electrons. The fourth-order valence-corrected chi connectivity index (χ4v) is 8.72. The lowest BCUT2D eigenvalue weighted by Gasteiger charge is -2.09. The van der Waals surface area contributed by atoms with Gasteiger partial charge in [0, 0.05) is 25.9 Å². The monoisotopic (exact) mass is 651 g/mol. The van der Waals surface area contributed by atoms with Crippen LogP contribution in [0.3, 0.4) is 0 Å². The van der Waals surface area contributed by atoms with Crippen molar-refractivity contribution in [1.82, 2.24) is 9.47 Å². The molecule has 5 aromatic rings. The Hall–Kier alpha value is -3.22. The summed E-state index contributed by atoms with van der Waals surface area (Å²) >= 11 is 5.22. The predicted molar refractivity (Wildman–Crippen MR) is 179 cm³/mol. The minimum absolute atomic E-state index is 0.0980. The molecule has 11 heteroatoms. The molecule has 6 rings (SSSR count). The van der Waals surface area contributed by atoms with Gasteiger partial charge in [-0.25, -0.2) is 8.42 Å². The van der Waals surface area contributed by atoms with Gasteiger partial charge in [-0.1, -0.05) is 53.3 Å². The lowest BCUT2D eigenvalue weighted by atomic mass is 10.1. The number of hydrogen-bond acceptors (Lipinski definition) is 8. The Balaban J connectivity index is 0.000000283.